The second-order valence-corrected chi connectivity index (χ2v) is 3.51. The van der Waals surface area contributed by atoms with E-state index in [1.165, 1.54) is 12.8 Å². The van der Waals surface area contributed by atoms with Gasteiger partial charge in [0.1, 0.15) is 0 Å². The third-order valence-electron chi connectivity index (χ3n) is 2.77. The number of hydrogen-bond acceptors (Lipinski definition) is 2. The number of fused-ring (bicyclic) bond motifs is 2. The Balaban J connectivity index is 2.02. The van der Waals surface area contributed by atoms with Crippen LogP contribution in [0.1, 0.15) is 26.2 Å². The Labute approximate surface area is 61.2 Å². The molecular formula is C8H14O2. The summed E-state index contributed by atoms with van der Waals surface area (Å²) in [5, 5.41) is 9.29. The van der Waals surface area contributed by atoms with Crippen molar-refractivity contribution in [1.82, 2.24) is 0 Å². The second kappa shape index (κ2) is 2.21. The monoisotopic (exact) mass is 142 g/mol. The Bertz CT molecular complexity index is 133. The molecule has 1 N–H and O–H groups in total. The Morgan fingerprint density at radius 3 is 2.60 bits per heavy atom. The van der Waals surface area contributed by atoms with Crippen LogP contribution in [0.4, 0.5) is 0 Å². The fourth-order valence-electron chi connectivity index (χ4n) is 2.18. The zero-order valence-electron chi connectivity index (χ0n) is 6.29. The molecule has 2 aliphatic heterocycles. The summed E-state index contributed by atoms with van der Waals surface area (Å²) in [6.07, 6.45) is 4.15. The molecule has 0 saturated carbocycles. The van der Waals surface area contributed by atoms with Crippen molar-refractivity contribution in [3.63, 3.8) is 0 Å². The molecule has 2 rings (SSSR count). The molecule has 0 aromatic carbocycles. The van der Waals surface area contributed by atoms with Gasteiger partial charge in [-0.25, -0.2) is 0 Å². The first-order chi connectivity index (χ1) is 4.77. The smallest absolute Gasteiger partial charge is 0.0633 e. The number of aliphatic hydroxyl groups excluding tert-OH is 1. The van der Waals surface area contributed by atoms with Crippen molar-refractivity contribution in [3.05, 3.63) is 0 Å². The molecule has 2 heteroatoms. The van der Waals surface area contributed by atoms with Crippen LogP contribution in [0.25, 0.3) is 0 Å². The Morgan fingerprint density at radius 1 is 1.50 bits per heavy atom. The summed E-state index contributed by atoms with van der Waals surface area (Å²) >= 11 is 0. The minimum atomic E-state index is -0.171. The molecule has 0 spiro atoms. The summed E-state index contributed by atoms with van der Waals surface area (Å²) in [5.74, 6) is 0.429. The van der Waals surface area contributed by atoms with Crippen LogP contribution in [0, 0.1) is 5.92 Å². The summed E-state index contributed by atoms with van der Waals surface area (Å²) in [4.78, 5) is 0. The Kier molecular flexibility index (Phi) is 1.46. The van der Waals surface area contributed by atoms with Gasteiger partial charge < -0.3 is 9.84 Å². The predicted molar refractivity (Wildman–Crippen MR) is 37.7 cm³/mol. The highest BCUT2D eigenvalue weighted by Gasteiger charge is 2.42. The topological polar surface area (TPSA) is 29.5 Å². The molecule has 2 nitrogen and oxygen atoms in total. The highest BCUT2D eigenvalue weighted by Crippen LogP contribution is 2.40. The van der Waals surface area contributed by atoms with E-state index in [0.29, 0.717) is 18.1 Å². The van der Waals surface area contributed by atoms with Crippen LogP contribution in [-0.2, 0) is 4.74 Å². The average molecular weight is 142 g/mol. The number of rotatable bonds is 1. The second-order valence-electron chi connectivity index (χ2n) is 3.51. The lowest BCUT2D eigenvalue weighted by molar-refractivity contribution is 0.0512. The summed E-state index contributed by atoms with van der Waals surface area (Å²) < 4.78 is 5.59. The highest BCUT2D eigenvalue weighted by molar-refractivity contribution is 4.91. The SMILES string of the molecule is C[C@@H](O)C1CC2CCC1O2. The van der Waals surface area contributed by atoms with Gasteiger partial charge >= 0.3 is 0 Å². The zero-order valence-corrected chi connectivity index (χ0v) is 6.29. The predicted octanol–water partition coefficient (Wildman–Crippen LogP) is 0.935. The minimum Gasteiger partial charge on any atom is -0.393 e. The molecule has 2 heterocycles. The average Bonchev–Trinajstić information content (AvgIpc) is 2.44. The van der Waals surface area contributed by atoms with Crippen LogP contribution in [0.5, 0.6) is 0 Å². The van der Waals surface area contributed by atoms with Crippen LogP contribution in [0.2, 0.25) is 0 Å². The van der Waals surface area contributed by atoms with E-state index in [4.69, 9.17) is 4.74 Å². The first-order valence-corrected chi connectivity index (χ1v) is 4.11. The Hall–Kier alpha value is -0.0800. The van der Waals surface area contributed by atoms with Gasteiger partial charge in [-0.2, -0.15) is 0 Å². The fraction of sp³-hybridized carbons (Fsp3) is 1.00. The van der Waals surface area contributed by atoms with E-state index in [2.05, 4.69) is 0 Å². The van der Waals surface area contributed by atoms with E-state index in [-0.39, 0.29) is 6.10 Å². The number of aliphatic hydroxyl groups is 1. The van der Waals surface area contributed by atoms with Crippen LogP contribution in [-0.4, -0.2) is 23.4 Å². The van der Waals surface area contributed by atoms with Gasteiger partial charge in [-0.1, -0.05) is 0 Å². The van der Waals surface area contributed by atoms with E-state index in [1.807, 2.05) is 6.92 Å². The lowest BCUT2D eigenvalue weighted by atomic mass is 9.86. The zero-order chi connectivity index (χ0) is 7.14. The molecule has 4 atom stereocenters. The molecule has 2 fully saturated rings. The van der Waals surface area contributed by atoms with Crippen LogP contribution in [0.3, 0.4) is 0 Å². The van der Waals surface area contributed by atoms with Gasteiger partial charge in [-0.3, -0.25) is 0 Å². The van der Waals surface area contributed by atoms with E-state index in [9.17, 15) is 5.11 Å². The van der Waals surface area contributed by atoms with Gasteiger partial charge in [0, 0.05) is 5.92 Å². The van der Waals surface area contributed by atoms with Crippen molar-refractivity contribution in [2.45, 2.75) is 44.5 Å². The van der Waals surface area contributed by atoms with Crippen molar-refractivity contribution in [2.24, 2.45) is 5.92 Å². The lowest BCUT2D eigenvalue weighted by Crippen LogP contribution is -2.26. The summed E-state index contributed by atoms with van der Waals surface area (Å²) in [5.41, 5.74) is 0. The summed E-state index contributed by atoms with van der Waals surface area (Å²) in [6.45, 7) is 1.87. The third-order valence-corrected chi connectivity index (χ3v) is 2.77. The van der Waals surface area contributed by atoms with Crippen LogP contribution >= 0.6 is 0 Å². The molecule has 0 amide bonds. The van der Waals surface area contributed by atoms with E-state index >= 15 is 0 Å². The van der Waals surface area contributed by atoms with Gasteiger partial charge in [0.05, 0.1) is 18.3 Å². The van der Waals surface area contributed by atoms with E-state index < -0.39 is 0 Å². The van der Waals surface area contributed by atoms with E-state index in [1.54, 1.807) is 0 Å². The molecule has 0 aliphatic carbocycles. The molecule has 3 unspecified atom stereocenters. The normalized spacial score (nSPS) is 48.0. The third kappa shape index (κ3) is 0.867. The van der Waals surface area contributed by atoms with Gasteiger partial charge in [0.2, 0.25) is 0 Å². The van der Waals surface area contributed by atoms with Gasteiger partial charge in [-0.05, 0) is 26.2 Å². The highest BCUT2D eigenvalue weighted by atomic mass is 16.5. The summed E-state index contributed by atoms with van der Waals surface area (Å²) in [6, 6.07) is 0. The van der Waals surface area contributed by atoms with Gasteiger partial charge in [-0.15, -0.1) is 0 Å². The maximum atomic E-state index is 9.29. The number of hydrogen-bond donors (Lipinski definition) is 1. The number of ether oxygens (including phenoxy) is 1. The fourth-order valence-corrected chi connectivity index (χ4v) is 2.18. The summed E-state index contributed by atoms with van der Waals surface area (Å²) in [7, 11) is 0. The quantitative estimate of drug-likeness (QED) is 0.590. The Morgan fingerprint density at radius 2 is 2.30 bits per heavy atom. The van der Waals surface area contributed by atoms with E-state index in [0.717, 1.165) is 6.42 Å². The molecule has 2 saturated heterocycles. The minimum absolute atomic E-state index is 0.171. The van der Waals surface area contributed by atoms with Crippen molar-refractivity contribution >= 4 is 0 Å². The van der Waals surface area contributed by atoms with Gasteiger partial charge in [0.15, 0.2) is 0 Å². The molecule has 10 heavy (non-hydrogen) atoms. The van der Waals surface area contributed by atoms with Crippen LogP contribution < -0.4 is 0 Å². The largest absolute Gasteiger partial charge is 0.393 e. The first kappa shape index (κ1) is 6.62. The lowest BCUT2D eigenvalue weighted by Gasteiger charge is -2.20. The molecule has 0 aromatic rings. The standard InChI is InChI=1S/C8H14O2/c1-5(9)7-4-6-2-3-8(7)10-6/h5-9H,2-4H2,1H3/t5-,6?,7?,8?/m1/s1. The maximum absolute atomic E-state index is 9.29. The van der Waals surface area contributed by atoms with Crippen LogP contribution in [0.15, 0.2) is 0 Å². The molecule has 2 bridgehead atoms. The maximum Gasteiger partial charge on any atom is 0.0633 e. The molecule has 0 radical (unpaired) electrons. The van der Waals surface area contributed by atoms with Crippen molar-refractivity contribution in [3.8, 4) is 0 Å². The van der Waals surface area contributed by atoms with Crippen molar-refractivity contribution < 1.29 is 9.84 Å². The van der Waals surface area contributed by atoms with Crippen molar-refractivity contribution in [1.29, 1.82) is 0 Å². The first-order valence-electron chi connectivity index (χ1n) is 4.11. The molecule has 0 aromatic heterocycles. The van der Waals surface area contributed by atoms with Crippen molar-refractivity contribution in [2.75, 3.05) is 0 Å². The molecular weight excluding hydrogens is 128 g/mol. The molecule has 58 valence electrons. The van der Waals surface area contributed by atoms with Gasteiger partial charge in [0.25, 0.3) is 0 Å². The molecule has 2 aliphatic rings.